The Hall–Kier alpha value is -1.98. The summed E-state index contributed by atoms with van der Waals surface area (Å²) in [5.74, 6) is 0.635. The molecule has 2 aromatic rings. The summed E-state index contributed by atoms with van der Waals surface area (Å²) < 4.78 is 0. The molecule has 5 nitrogen and oxygen atoms in total. The van der Waals surface area contributed by atoms with Crippen LogP contribution in [-0.2, 0) is 11.3 Å². The lowest BCUT2D eigenvalue weighted by Gasteiger charge is -2.34. The molecule has 1 fully saturated rings. The average Bonchev–Trinajstić information content (AvgIpc) is 2.62. The Balaban J connectivity index is 1.50. The van der Waals surface area contributed by atoms with Gasteiger partial charge in [0.05, 0.1) is 12.1 Å². The minimum absolute atomic E-state index is 0.139. The van der Waals surface area contributed by atoms with E-state index in [0.717, 1.165) is 44.8 Å². The number of hydrogen-bond acceptors (Lipinski definition) is 4. The molecule has 2 heterocycles. The first kappa shape index (κ1) is 17.8. The number of para-hydroxylation sites is 1. The van der Waals surface area contributed by atoms with Crippen LogP contribution in [0.25, 0.3) is 10.9 Å². The lowest BCUT2D eigenvalue weighted by molar-refractivity contribution is -0.122. The summed E-state index contributed by atoms with van der Waals surface area (Å²) in [6, 6.07) is 10.5. The van der Waals surface area contributed by atoms with E-state index in [9.17, 15) is 4.79 Å². The lowest BCUT2D eigenvalue weighted by Crippen LogP contribution is -2.49. The van der Waals surface area contributed by atoms with Gasteiger partial charge in [-0.25, -0.2) is 0 Å². The Kier molecular flexibility index (Phi) is 6.00. The van der Waals surface area contributed by atoms with Gasteiger partial charge < -0.3 is 5.32 Å². The number of carbonyl (C=O) groups is 1. The monoisotopic (exact) mass is 340 g/mol. The SMILES string of the molecule is CC(C)CNC(=O)CN1CCN(Cc2cccc3cccnc23)CC1. The highest BCUT2D eigenvalue weighted by atomic mass is 16.2. The molecule has 0 radical (unpaired) electrons. The second kappa shape index (κ2) is 8.41. The van der Waals surface area contributed by atoms with Crippen LogP contribution in [0.5, 0.6) is 0 Å². The van der Waals surface area contributed by atoms with E-state index in [1.807, 2.05) is 12.3 Å². The number of piperazine rings is 1. The molecule has 1 aliphatic heterocycles. The zero-order valence-corrected chi connectivity index (χ0v) is 15.2. The topological polar surface area (TPSA) is 48.5 Å². The van der Waals surface area contributed by atoms with Crippen LogP contribution < -0.4 is 5.32 Å². The van der Waals surface area contributed by atoms with Gasteiger partial charge in [0.25, 0.3) is 0 Å². The summed E-state index contributed by atoms with van der Waals surface area (Å²) in [5.41, 5.74) is 2.38. The van der Waals surface area contributed by atoms with E-state index < -0.39 is 0 Å². The molecule has 0 aliphatic carbocycles. The van der Waals surface area contributed by atoms with Crippen molar-refractivity contribution in [1.82, 2.24) is 20.1 Å². The Morgan fingerprint density at radius 1 is 1.12 bits per heavy atom. The fraction of sp³-hybridized carbons (Fsp3) is 0.500. The van der Waals surface area contributed by atoms with E-state index in [4.69, 9.17) is 0 Å². The molecule has 1 saturated heterocycles. The zero-order chi connectivity index (χ0) is 17.6. The van der Waals surface area contributed by atoms with Crippen molar-refractivity contribution in [2.75, 3.05) is 39.3 Å². The number of amides is 1. The summed E-state index contributed by atoms with van der Waals surface area (Å²) in [4.78, 5) is 21.2. The molecule has 0 spiro atoms. The van der Waals surface area contributed by atoms with E-state index in [1.165, 1.54) is 10.9 Å². The van der Waals surface area contributed by atoms with E-state index in [2.05, 4.69) is 58.2 Å². The first-order valence-corrected chi connectivity index (χ1v) is 9.16. The van der Waals surface area contributed by atoms with Gasteiger partial charge in [-0.15, -0.1) is 0 Å². The Bertz CT molecular complexity index is 702. The molecule has 1 amide bonds. The van der Waals surface area contributed by atoms with Crippen molar-refractivity contribution in [3.63, 3.8) is 0 Å². The Labute approximate surface area is 150 Å². The maximum absolute atomic E-state index is 12.0. The molecule has 0 saturated carbocycles. The average molecular weight is 340 g/mol. The number of carbonyl (C=O) groups excluding carboxylic acids is 1. The zero-order valence-electron chi connectivity index (χ0n) is 15.2. The van der Waals surface area contributed by atoms with Gasteiger partial charge in [-0.3, -0.25) is 19.6 Å². The molecule has 0 atom stereocenters. The molecular weight excluding hydrogens is 312 g/mol. The molecule has 0 unspecified atom stereocenters. The standard InChI is InChI=1S/C20H28N4O/c1-16(2)13-22-19(25)15-24-11-9-23(10-12-24)14-18-6-3-5-17-7-4-8-21-20(17)18/h3-8,16H,9-15H2,1-2H3,(H,22,25). The number of aromatic nitrogens is 1. The summed E-state index contributed by atoms with van der Waals surface area (Å²) in [6.45, 7) is 10.3. The summed E-state index contributed by atoms with van der Waals surface area (Å²) in [6.07, 6.45) is 1.86. The van der Waals surface area contributed by atoms with Crippen molar-refractivity contribution in [3.8, 4) is 0 Å². The number of hydrogen-bond donors (Lipinski definition) is 1. The van der Waals surface area contributed by atoms with E-state index in [1.54, 1.807) is 0 Å². The van der Waals surface area contributed by atoms with Crippen LogP contribution in [0.2, 0.25) is 0 Å². The van der Waals surface area contributed by atoms with Crippen LogP contribution in [0.3, 0.4) is 0 Å². The molecule has 1 aliphatic rings. The van der Waals surface area contributed by atoms with Gasteiger partial charge in [-0.1, -0.05) is 38.1 Å². The predicted molar refractivity (Wildman–Crippen MR) is 101 cm³/mol. The second-order valence-corrected chi connectivity index (χ2v) is 7.24. The van der Waals surface area contributed by atoms with Gasteiger partial charge in [0.15, 0.2) is 0 Å². The fourth-order valence-corrected chi connectivity index (χ4v) is 3.22. The second-order valence-electron chi connectivity index (χ2n) is 7.24. The number of fused-ring (bicyclic) bond motifs is 1. The van der Waals surface area contributed by atoms with E-state index in [0.29, 0.717) is 12.5 Å². The predicted octanol–water partition coefficient (Wildman–Crippen LogP) is 2.12. The van der Waals surface area contributed by atoms with Crippen molar-refractivity contribution in [1.29, 1.82) is 0 Å². The quantitative estimate of drug-likeness (QED) is 0.875. The Morgan fingerprint density at radius 3 is 2.60 bits per heavy atom. The van der Waals surface area contributed by atoms with Crippen molar-refractivity contribution < 1.29 is 4.79 Å². The van der Waals surface area contributed by atoms with Gasteiger partial charge in [-0.2, -0.15) is 0 Å². The first-order valence-electron chi connectivity index (χ1n) is 9.16. The molecule has 25 heavy (non-hydrogen) atoms. The molecule has 5 heteroatoms. The number of rotatable bonds is 6. The van der Waals surface area contributed by atoms with Crippen molar-refractivity contribution >= 4 is 16.8 Å². The molecule has 1 aromatic heterocycles. The summed E-state index contributed by atoms with van der Waals surface area (Å²) in [7, 11) is 0. The van der Waals surface area contributed by atoms with E-state index in [-0.39, 0.29) is 5.91 Å². The fourth-order valence-electron chi connectivity index (χ4n) is 3.22. The maximum atomic E-state index is 12.0. The number of pyridine rings is 1. The van der Waals surface area contributed by atoms with Gasteiger partial charge in [0, 0.05) is 50.9 Å². The Morgan fingerprint density at radius 2 is 1.84 bits per heavy atom. The molecule has 0 bridgehead atoms. The smallest absolute Gasteiger partial charge is 0.234 e. The maximum Gasteiger partial charge on any atom is 0.234 e. The number of benzene rings is 1. The lowest BCUT2D eigenvalue weighted by atomic mass is 10.1. The van der Waals surface area contributed by atoms with Gasteiger partial charge >= 0.3 is 0 Å². The van der Waals surface area contributed by atoms with Crippen LogP contribution in [0.4, 0.5) is 0 Å². The minimum Gasteiger partial charge on any atom is -0.355 e. The molecule has 134 valence electrons. The minimum atomic E-state index is 0.139. The van der Waals surface area contributed by atoms with E-state index >= 15 is 0 Å². The van der Waals surface area contributed by atoms with Gasteiger partial charge in [0.1, 0.15) is 0 Å². The number of nitrogens with zero attached hydrogens (tertiary/aromatic N) is 3. The van der Waals surface area contributed by atoms with Crippen molar-refractivity contribution in [3.05, 3.63) is 42.1 Å². The summed E-state index contributed by atoms with van der Waals surface area (Å²) >= 11 is 0. The number of nitrogens with one attached hydrogen (secondary N) is 1. The van der Waals surface area contributed by atoms with Gasteiger partial charge in [-0.05, 0) is 17.5 Å². The third-order valence-electron chi connectivity index (χ3n) is 4.65. The van der Waals surface area contributed by atoms with Crippen LogP contribution >= 0.6 is 0 Å². The van der Waals surface area contributed by atoms with Crippen LogP contribution in [0.15, 0.2) is 36.5 Å². The van der Waals surface area contributed by atoms with Crippen LogP contribution in [-0.4, -0.2) is 60.0 Å². The highest BCUT2D eigenvalue weighted by Gasteiger charge is 2.19. The highest BCUT2D eigenvalue weighted by Crippen LogP contribution is 2.18. The van der Waals surface area contributed by atoms with Gasteiger partial charge in [0.2, 0.25) is 5.91 Å². The largest absolute Gasteiger partial charge is 0.355 e. The molecule has 3 rings (SSSR count). The van der Waals surface area contributed by atoms with Crippen molar-refractivity contribution in [2.24, 2.45) is 5.92 Å². The third kappa shape index (κ3) is 5.00. The van der Waals surface area contributed by atoms with Crippen molar-refractivity contribution in [2.45, 2.75) is 20.4 Å². The van der Waals surface area contributed by atoms with Crippen LogP contribution in [0.1, 0.15) is 19.4 Å². The third-order valence-corrected chi connectivity index (χ3v) is 4.65. The molecule has 1 N–H and O–H groups in total. The molecule has 1 aromatic carbocycles. The first-order chi connectivity index (χ1) is 12.1. The normalized spacial score (nSPS) is 16.4. The molecular formula is C20H28N4O. The van der Waals surface area contributed by atoms with Crippen LogP contribution in [0, 0.1) is 5.92 Å². The highest BCUT2D eigenvalue weighted by molar-refractivity contribution is 5.81. The summed E-state index contributed by atoms with van der Waals surface area (Å²) in [5, 5.41) is 4.19.